The molecular formula is C17H21ClN4OS. The van der Waals surface area contributed by atoms with E-state index in [1.165, 1.54) is 17.0 Å². The Morgan fingerprint density at radius 2 is 1.92 bits per heavy atom. The third kappa shape index (κ3) is 3.67. The van der Waals surface area contributed by atoms with Crippen molar-refractivity contribution in [3.8, 4) is 0 Å². The molecule has 1 aromatic carbocycles. The van der Waals surface area contributed by atoms with Crippen LogP contribution in [0.1, 0.15) is 4.88 Å². The molecule has 2 aliphatic heterocycles. The Hall–Kier alpha value is -1.34. The summed E-state index contributed by atoms with van der Waals surface area (Å²) < 4.78 is 5.89. The number of rotatable bonds is 5. The number of nitrogens with one attached hydrogen (secondary N) is 1. The first-order chi connectivity index (χ1) is 11.8. The van der Waals surface area contributed by atoms with Gasteiger partial charge in [-0.15, -0.1) is 11.3 Å². The van der Waals surface area contributed by atoms with Gasteiger partial charge in [-0.3, -0.25) is 4.90 Å². The third-order valence-corrected chi connectivity index (χ3v) is 5.79. The Bertz CT molecular complexity index is 665. The maximum Gasteiger partial charge on any atom is 0.183 e. The molecule has 0 bridgehead atoms. The lowest BCUT2D eigenvalue weighted by atomic mass is 10.1. The summed E-state index contributed by atoms with van der Waals surface area (Å²) in [5, 5.41) is 3.41. The largest absolute Gasteiger partial charge is 0.380 e. The molecule has 4 rings (SSSR count). The van der Waals surface area contributed by atoms with Crippen LogP contribution < -0.4 is 10.2 Å². The molecule has 0 aliphatic carbocycles. The van der Waals surface area contributed by atoms with Gasteiger partial charge in [-0.05, 0) is 24.3 Å². The molecule has 0 saturated carbocycles. The number of hydrogen-bond donors (Lipinski definition) is 1. The van der Waals surface area contributed by atoms with E-state index in [0.29, 0.717) is 10.5 Å². The van der Waals surface area contributed by atoms with Gasteiger partial charge >= 0.3 is 0 Å². The van der Waals surface area contributed by atoms with Crippen molar-refractivity contribution >= 4 is 34.3 Å². The van der Waals surface area contributed by atoms with E-state index in [0.717, 1.165) is 56.5 Å². The van der Waals surface area contributed by atoms with Crippen LogP contribution in [0.15, 0.2) is 30.5 Å². The molecule has 2 aromatic rings. The van der Waals surface area contributed by atoms with E-state index < -0.39 is 0 Å². The number of halogens is 1. The van der Waals surface area contributed by atoms with Gasteiger partial charge < -0.3 is 15.0 Å². The van der Waals surface area contributed by atoms with Gasteiger partial charge in [0.1, 0.15) is 0 Å². The molecule has 1 aromatic heterocycles. The normalized spacial score (nSPS) is 19.3. The highest BCUT2D eigenvalue weighted by atomic mass is 35.5. The van der Waals surface area contributed by atoms with E-state index in [1.807, 2.05) is 6.20 Å². The van der Waals surface area contributed by atoms with E-state index in [2.05, 4.69) is 44.4 Å². The first kappa shape index (κ1) is 16.1. The van der Waals surface area contributed by atoms with Crippen LogP contribution in [0, 0.1) is 0 Å². The average molecular weight is 365 g/mol. The Morgan fingerprint density at radius 3 is 2.50 bits per heavy atom. The standard InChI is InChI=1S/C17H21ClN4OS/c18-17-20-10-16(24-17)9-19-13-1-3-14(4-2-13)21-5-7-22(8-6-21)15-11-23-12-15/h1-4,10,15,19H,5-9,11-12H2. The molecular weight excluding hydrogens is 344 g/mol. The lowest BCUT2D eigenvalue weighted by Gasteiger charge is -2.43. The van der Waals surface area contributed by atoms with Gasteiger partial charge in [0.05, 0.1) is 25.8 Å². The first-order valence-corrected chi connectivity index (χ1v) is 9.48. The molecule has 128 valence electrons. The van der Waals surface area contributed by atoms with Gasteiger partial charge in [0.15, 0.2) is 4.47 Å². The van der Waals surface area contributed by atoms with Crippen LogP contribution in [0.2, 0.25) is 4.47 Å². The van der Waals surface area contributed by atoms with Crippen molar-refractivity contribution in [3.05, 3.63) is 39.8 Å². The van der Waals surface area contributed by atoms with E-state index >= 15 is 0 Å². The Balaban J connectivity index is 1.29. The third-order valence-electron chi connectivity index (χ3n) is 4.68. The predicted molar refractivity (Wildman–Crippen MR) is 99.3 cm³/mol. The number of anilines is 2. The van der Waals surface area contributed by atoms with Crippen molar-refractivity contribution < 1.29 is 4.74 Å². The minimum atomic E-state index is 0.592. The molecule has 5 nitrogen and oxygen atoms in total. The number of benzene rings is 1. The highest BCUT2D eigenvalue weighted by Gasteiger charge is 2.28. The highest BCUT2D eigenvalue weighted by molar-refractivity contribution is 7.15. The van der Waals surface area contributed by atoms with Crippen LogP contribution in [0.4, 0.5) is 11.4 Å². The van der Waals surface area contributed by atoms with Gasteiger partial charge in [0.2, 0.25) is 0 Å². The zero-order valence-corrected chi connectivity index (χ0v) is 15.0. The van der Waals surface area contributed by atoms with E-state index in [9.17, 15) is 0 Å². The second-order valence-corrected chi connectivity index (χ2v) is 7.89. The summed E-state index contributed by atoms with van der Waals surface area (Å²) in [5.74, 6) is 0. The zero-order valence-electron chi connectivity index (χ0n) is 13.4. The lowest BCUT2D eigenvalue weighted by Crippen LogP contribution is -2.56. The summed E-state index contributed by atoms with van der Waals surface area (Å²) in [6.07, 6.45) is 1.82. The van der Waals surface area contributed by atoms with Crippen LogP contribution in [0.25, 0.3) is 0 Å². The molecule has 0 spiro atoms. The molecule has 2 aliphatic rings. The molecule has 7 heteroatoms. The van der Waals surface area contributed by atoms with Gasteiger partial charge in [0, 0.05) is 48.6 Å². The Kier molecular flexibility index (Phi) is 4.89. The Labute approximate surface area is 151 Å². The molecule has 0 radical (unpaired) electrons. The van der Waals surface area contributed by atoms with Crippen LogP contribution in [-0.4, -0.2) is 55.3 Å². The summed E-state index contributed by atoms with van der Waals surface area (Å²) in [5.41, 5.74) is 2.42. The van der Waals surface area contributed by atoms with Crippen LogP contribution in [0.5, 0.6) is 0 Å². The van der Waals surface area contributed by atoms with Gasteiger partial charge in [-0.25, -0.2) is 4.98 Å². The summed E-state index contributed by atoms with van der Waals surface area (Å²) in [7, 11) is 0. The topological polar surface area (TPSA) is 40.6 Å². The lowest BCUT2D eigenvalue weighted by molar-refractivity contribution is -0.0660. The number of hydrogen-bond acceptors (Lipinski definition) is 6. The second kappa shape index (κ2) is 7.27. The molecule has 3 heterocycles. The quantitative estimate of drug-likeness (QED) is 0.883. The molecule has 0 unspecified atom stereocenters. The van der Waals surface area contributed by atoms with E-state index in [1.54, 1.807) is 0 Å². The number of piperazine rings is 1. The smallest absolute Gasteiger partial charge is 0.183 e. The Morgan fingerprint density at radius 1 is 1.17 bits per heavy atom. The van der Waals surface area contributed by atoms with E-state index in [4.69, 9.17) is 16.3 Å². The predicted octanol–water partition coefficient (Wildman–Crippen LogP) is 2.93. The summed E-state index contributed by atoms with van der Waals surface area (Å²) >= 11 is 7.37. The number of nitrogens with zero attached hydrogens (tertiary/aromatic N) is 3. The van der Waals surface area contributed by atoms with Gasteiger partial charge in [-0.1, -0.05) is 11.6 Å². The van der Waals surface area contributed by atoms with Gasteiger partial charge in [-0.2, -0.15) is 0 Å². The minimum absolute atomic E-state index is 0.592. The fraction of sp³-hybridized carbons (Fsp3) is 0.471. The SMILES string of the molecule is Clc1ncc(CNc2ccc(N3CCN(C4COC4)CC3)cc2)s1. The maximum absolute atomic E-state index is 5.86. The number of ether oxygens (including phenoxy) is 1. The molecule has 0 atom stereocenters. The van der Waals surface area contributed by atoms with Crippen molar-refractivity contribution in [2.24, 2.45) is 0 Å². The summed E-state index contributed by atoms with van der Waals surface area (Å²) in [6, 6.07) is 9.33. The fourth-order valence-electron chi connectivity index (χ4n) is 3.12. The molecule has 2 fully saturated rings. The average Bonchev–Trinajstić information content (AvgIpc) is 2.98. The molecule has 0 amide bonds. The number of aromatic nitrogens is 1. The van der Waals surface area contributed by atoms with Crippen molar-refractivity contribution in [1.29, 1.82) is 0 Å². The van der Waals surface area contributed by atoms with Gasteiger partial charge in [0.25, 0.3) is 0 Å². The minimum Gasteiger partial charge on any atom is -0.380 e. The summed E-state index contributed by atoms with van der Waals surface area (Å²) in [6.45, 7) is 6.99. The fourth-order valence-corrected chi connectivity index (χ4v) is 4.04. The molecule has 1 N–H and O–H groups in total. The van der Waals surface area contributed by atoms with E-state index in [-0.39, 0.29) is 0 Å². The van der Waals surface area contributed by atoms with Crippen molar-refractivity contribution in [2.75, 3.05) is 49.6 Å². The first-order valence-electron chi connectivity index (χ1n) is 8.29. The van der Waals surface area contributed by atoms with Crippen LogP contribution >= 0.6 is 22.9 Å². The van der Waals surface area contributed by atoms with Crippen molar-refractivity contribution in [1.82, 2.24) is 9.88 Å². The monoisotopic (exact) mass is 364 g/mol. The maximum atomic E-state index is 5.86. The van der Waals surface area contributed by atoms with Crippen molar-refractivity contribution in [2.45, 2.75) is 12.6 Å². The zero-order chi connectivity index (χ0) is 16.4. The highest BCUT2D eigenvalue weighted by Crippen LogP contribution is 2.23. The molecule has 2 saturated heterocycles. The van der Waals surface area contributed by atoms with Crippen LogP contribution in [0.3, 0.4) is 0 Å². The van der Waals surface area contributed by atoms with Crippen molar-refractivity contribution in [3.63, 3.8) is 0 Å². The summed E-state index contributed by atoms with van der Waals surface area (Å²) in [4.78, 5) is 10.2. The number of thiazole rings is 1. The molecule has 24 heavy (non-hydrogen) atoms. The van der Waals surface area contributed by atoms with Crippen LogP contribution in [-0.2, 0) is 11.3 Å². The second-order valence-electron chi connectivity index (χ2n) is 6.19.